The molecule has 4 rings (SSSR count). The van der Waals surface area contributed by atoms with E-state index in [4.69, 9.17) is 4.74 Å². The lowest BCUT2D eigenvalue weighted by molar-refractivity contribution is -0.117. The highest BCUT2D eigenvalue weighted by Crippen LogP contribution is 2.49. The van der Waals surface area contributed by atoms with Gasteiger partial charge in [-0.1, -0.05) is 19.8 Å². The minimum atomic E-state index is -3.62. The Morgan fingerprint density at radius 1 is 1.16 bits per heavy atom. The fourth-order valence-corrected chi connectivity index (χ4v) is 6.78. The number of amides is 1. The number of ether oxygens (including phenoxy) is 1. The van der Waals surface area contributed by atoms with E-state index in [9.17, 15) is 13.2 Å². The van der Waals surface area contributed by atoms with Gasteiger partial charge in [-0.15, -0.1) is 0 Å². The maximum atomic E-state index is 13.1. The summed E-state index contributed by atoms with van der Waals surface area (Å²) in [4.78, 5) is 13.1. The Kier molecular flexibility index (Phi) is 7.19. The maximum Gasteiger partial charge on any atom is 0.243 e. The molecule has 2 aliphatic carbocycles. The zero-order valence-electron chi connectivity index (χ0n) is 18.4. The summed E-state index contributed by atoms with van der Waals surface area (Å²) in [5.41, 5.74) is 1.33. The monoisotopic (exact) mass is 449 g/mol. The van der Waals surface area contributed by atoms with Crippen LogP contribution in [0.25, 0.3) is 0 Å². The SMILES string of the molecule is CCCCNc1ccc(S(=O)(=O)N2CCOCC2)cc1NC(=O)CC1CC2CCC1C2. The number of carbonyl (C=O) groups excluding carboxylic acids is 1. The summed E-state index contributed by atoms with van der Waals surface area (Å²) in [5, 5.41) is 6.39. The van der Waals surface area contributed by atoms with Gasteiger partial charge < -0.3 is 15.4 Å². The quantitative estimate of drug-likeness (QED) is 0.562. The van der Waals surface area contributed by atoms with Crippen molar-refractivity contribution in [2.45, 2.75) is 56.8 Å². The molecule has 8 heteroatoms. The van der Waals surface area contributed by atoms with Gasteiger partial charge in [-0.3, -0.25) is 4.79 Å². The second-order valence-corrected chi connectivity index (χ2v) is 11.1. The summed E-state index contributed by atoms with van der Waals surface area (Å²) < 4.78 is 32.9. The van der Waals surface area contributed by atoms with Crippen LogP contribution in [0.1, 0.15) is 51.9 Å². The van der Waals surface area contributed by atoms with Crippen LogP contribution in [-0.2, 0) is 19.6 Å². The number of nitrogens with zero attached hydrogens (tertiary/aromatic N) is 1. The molecule has 3 aliphatic rings. The predicted octanol–water partition coefficient (Wildman–Crippen LogP) is 3.68. The highest BCUT2D eigenvalue weighted by molar-refractivity contribution is 7.89. The summed E-state index contributed by atoms with van der Waals surface area (Å²) in [7, 11) is -3.62. The molecule has 1 aromatic rings. The van der Waals surface area contributed by atoms with Gasteiger partial charge in [0, 0.05) is 26.1 Å². The lowest BCUT2D eigenvalue weighted by Crippen LogP contribution is -2.40. The topological polar surface area (TPSA) is 87.7 Å². The van der Waals surface area contributed by atoms with Gasteiger partial charge in [-0.2, -0.15) is 4.31 Å². The van der Waals surface area contributed by atoms with Gasteiger partial charge in [-0.05, 0) is 61.6 Å². The van der Waals surface area contributed by atoms with Crippen molar-refractivity contribution in [3.63, 3.8) is 0 Å². The Bertz CT molecular complexity index is 883. The van der Waals surface area contributed by atoms with E-state index < -0.39 is 10.0 Å². The molecule has 3 atom stereocenters. The number of carbonyl (C=O) groups is 1. The second-order valence-electron chi connectivity index (χ2n) is 9.19. The zero-order valence-corrected chi connectivity index (χ0v) is 19.3. The number of sulfonamides is 1. The average Bonchev–Trinajstić information content (AvgIpc) is 3.38. The lowest BCUT2D eigenvalue weighted by atomic mass is 9.86. The Morgan fingerprint density at radius 3 is 2.65 bits per heavy atom. The van der Waals surface area contributed by atoms with Gasteiger partial charge in [0.1, 0.15) is 0 Å². The van der Waals surface area contributed by atoms with Crippen LogP contribution < -0.4 is 10.6 Å². The van der Waals surface area contributed by atoms with Crippen molar-refractivity contribution >= 4 is 27.3 Å². The number of unbranched alkanes of at least 4 members (excludes halogenated alkanes) is 1. The lowest BCUT2D eigenvalue weighted by Gasteiger charge is -2.26. The van der Waals surface area contributed by atoms with Crippen LogP contribution in [0.4, 0.5) is 11.4 Å². The molecular weight excluding hydrogens is 414 g/mol. The first kappa shape index (κ1) is 22.6. The molecule has 0 radical (unpaired) electrons. The minimum absolute atomic E-state index is 0.0167. The van der Waals surface area contributed by atoms with Crippen LogP contribution in [0, 0.1) is 17.8 Å². The molecule has 3 fully saturated rings. The van der Waals surface area contributed by atoms with E-state index in [1.165, 1.54) is 23.6 Å². The van der Waals surface area contributed by atoms with E-state index in [0.29, 0.717) is 50.2 Å². The molecule has 2 N–H and O–H groups in total. The standard InChI is InChI=1S/C23H35N3O4S/c1-2-3-8-24-21-7-6-20(31(28,29)26-9-11-30-12-10-26)16-22(21)25-23(27)15-19-14-17-4-5-18(19)13-17/h6-7,16-19,24H,2-5,8-15H2,1H3,(H,25,27). The van der Waals surface area contributed by atoms with Gasteiger partial charge in [0.25, 0.3) is 0 Å². The van der Waals surface area contributed by atoms with Crippen LogP contribution in [0.5, 0.6) is 0 Å². The van der Waals surface area contributed by atoms with Crippen molar-refractivity contribution in [3.8, 4) is 0 Å². The first-order chi connectivity index (χ1) is 15.0. The number of hydrogen-bond acceptors (Lipinski definition) is 5. The average molecular weight is 450 g/mol. The summed E-state index contributed by atoms with van der Waals surface area (Å²) in [6, 6.07) is 5.01. The smallest absolute Gasteiger partial charge is 0.243 e. The van der Waals surface area contributed by atoms with Gasteiger partial charge in [-0.25, -0.2) is 8.42 Å². The number of benzene rings is 1. The van der Waals surface area contributed by atoms with E-state index >= 15 is 0 Å². The van der Waals surface area contributed by atoms with E-state index in [2.05, 4.69) is 17.6 Å². The summed E-state index contributed by atoms with van der Waals surface area (Å²) in [5.74, 6) is 1.94. The molecular formula is C23H35N3O4S. The number of fused-ring (bicyclic) bond motifs is 2. The maximum absolute atomic E-state index is 13.1. The fraction of sp³-hybridized carbons (Fsp3) is 0.696. The molecule has 2 saturated carbocycles. The highest BCUT2D eigenvalue weighted by Gasteiger charge is 2.40. The van der Waals surface area contributed by atoms with E-state index in [-0.39, 0.29) is 10.8 Å². The molecule has 2 bridgehead atoms. The third-order valence-electron chi connectivity index (χ3n) is 7.05. The largest absolute Gasteiger partial charge is 0.383 e. The van der Waals surface area contributed by atoms with Crippen LogP contribution >= 0.6 is 0 Å². The first-order valence-electron chi connectivity index (χ1n) is 11.7. The molecule has 1 aliphatic heterocycles. The van der Waals surface area contributed by atoms with E-state index in [1.807, 2.05) is 0 Å². The summed E-state index contributed by atoms with van der Waals surface area (Å²) in [6.45, 7) is 4.42. The second kappa shape index (κ2) is 9.88. The Morgan fingerprint density at radius 2 is 1.97 bits per heavy atom. The van der Waals surface area contributed by atoms with Crippen molar-refractivity contribution in [2.24, 2.45) is 17.8 Å². The molecule has 1 heterocycles. The Balaban J connectivity index is 1.51. The van der Waals surface area contributed by atoms with Crippen LogP contribution in [0.2, 0.25) is 0 Å². The van der Waals surface area contributed by atoms with Crippen LogP contribution in [0.3, 0.4) is 0 Å². The molecule has 7 nitrogen and oxygen atoms in total. The Labute approximate surface area is 186 Å². The zero-order chi connectivity index (χ0) is 21.8. The highest BCUT2D eigenvalue weighted by atomic mass is 32.2. The fourth-order valence-electron chi connectivity index (χ4n) is 5.34. The van der Waals surface area contributed by atoms with Gasteiger partial charge in [0.05, 0.1) is 29.5 Å². The van der Waals surface area contributed by atoms with Gasteiger partial charge in [0.15, 0.2) is 0 Å². The molecule has 1 aromatic carbocycles. The van der Waals surface area contributed by atoms with Crippen molar-refractivity contribution < 1.29 is 17.9 Å². The number of hydrogen-bond donors (Lipinski definition) is 2. The third kappa shape index (κ3) is 5.23. The van der Waals surface area contributed by atoms with E-state index in [0.717, 1.165) is 37.4 Å². The molecule has 0 spiro atoms. The third-order valence-corrected chi connectivity index (χ3v) is 8.95. The van der Waals surface area contributed by atoms with Crippen molar-refractivity contribution in [1.82, 2.24) is 4.31 Å². The summed E-state index contributed by atoms with van der Waals surface area (Å²) >= 11 is 0. The number of morpholine rings is 1. The molecule has 1 amide bonds. The minimum Gasteiger partial charge on any atom is -0.383 e. The number of anilines is 2. The van der Waals surface area contributed by atoms with Crippen LogP contribution in [-0.4, -0.2) is 51.5 Å². The van der Waals surface area contributed by atoms with E-state index in [1.54, 1.807) is 18.2 Å². The van der Waals surface area contributed by atoms with Crippen LogP contribution in [0.15, 0.2) is 23.1 Å². The molecule has 31 heavy (non-hydrogen) atoms. The van der Waals surface area contributed by atoms with Crippen molar-refractivity contribution in [2.75, 3.05) is 43.5 Å². The number of nitrogens with one attached hydrogen (secondary N) is 2. The predicted molar refractivity (Wildman–Crippen MR) is 122 cm³/mol. The van der Waals surface area contributed by atoms with Crippen molar-refractivity contribution in [3.05, 3.63) is 18.2 Å². The molecule has 1 saturated heterocycles. The summed E-state index contributed by atoms with van der Waals surface area (Å²) in [6.07, 6.45) is 7.58. The Hall–Kier alpha value is -1.64. The normalized spacial score (nSPS) is 26.2. The number of rotatable bonds is 9. The first-order valence-corrected chi connectivity index (χ1v) is 13.2. The van der Waals surface area contributed by atoms with Gasteiger partial charge in [0.2, 0.25) is 15.9 Å². The van der Waals surface area contributed by atoms with Crippen molar-refractivity contribution in [1.29, 1.82) is 0 Å². The molecule has 3 unspecified atom stereocenters. The molecule has 172 valence electrons. The van der Waals surface area contributed by atoms with Gasteiger partial charge >= 0.3 is 0 Å². The molecule has 0 aromatic heterocycles.